The Kier molecular flexibility index (Phi) is 8.31. The van der Waals surface area contributed by atoms with Gasteiger partial charge in [-0.1, -0.05) is 26.0 Å². The van der Waals surface area contributed by atoms with Gasteiger partial charge in [0.25, 0.3) is 0 Å². The fraction of sp³-hybridized carbons (Fsp3) is 0.529. The molecule has 0 radical (unpaired) electrons. The zero-order valence-electron chi connectivity index (χ0n) is 13.9. The van der Waals surface area contributed by atoms with E-state index in [2.05, 4.69) is 72.9 Å². The smallest absolute Gasteiger partial charge is 0.0475 e. The van der Waals surface area contributed by atoms with Crippen molar-refractivity contribution in [3.63, 3.8) is 0 Å². The molecule has 3 nitrogen and oxygen atoms in total. The molecule has 21 heavy (non-hydrogen) atoms. The van der Waals surface area contributed by atoms with E-state index in [-0.39, 0.29) is 0 Å². The summed E-state index contributed by atoms with van der Waals surface area (Å²) in [7, 11) is 1.97. The predicted molar refractivity (Wildman–Crippen MR) is 97.8 cm³/mol. The lowest BCUT2D eigenvalue weighted by Gasteiger charge is -2.21. The van der Waals surface area contributed by atoms with E-state index in [9.17, 15) is 0 Å². The Morgan fingerprint density at radius 3 is 2.29 bits per heavy atom. The molecule has 0 aliphatic rings. The summed E-state index contributed by atoms with van der Waals surface area (Å²) in [5.41, 5.74) is 3.68. The highest BCUT2D eigenvalue weighted by Gasteiger charge is 2.03. The molecule has 118 valence electrons. The summed E-state index contributed by atoms with van der Waals surface area (Å²) in [6, 6.07) is 9.30. The number of nitrogens with zero attached hydrogens (tertiary/aromatic N) is 1. The van der Waals surface area contributed by atoms with Gasteiger partial charge in [-0.15, -0.1) is 11.8 Å². The number of anilines is 1. The van der Waals surface area contributed by atoms with Gasteiger partial charge in [0.2, 0.25) is 0 Å². The Bertz CT molecular complexity index is 422. The van der Waals surface area contributed by atoms with Crippen LogP contribution in [0.2, 0.25) is 0 Å². The van der Waals surface area contributed by atoms with Crippen LogP contribution in [0.4, 0.5) is 5.69 Å². The van der Waals surface area contributed by atoms with Gasteiger partial charge in [-0.25, -0.2) is 0 Å². The maximum Gasteiger partial charge on any atom is 0.0475 e. The van der Waals surface area contributed by atoms with Crippen LogP contribution in [-0.2, 0) is 0 Å². The van der Waals surface area contributed by atoms with Gasteiger partial charge in [-0.05, 0) is 37.0 Å². The number of nitrogens with one attached hydrogen (secondary N) is 2. The molecule has 2 N–H and O–H groups in total. The summed E-state index contributed by atoms with van der Waals surface area (Å²) < 4.78 is 0. The molecular formula is C17H29N3S. The lowest BCUT2D eigenvalue weighted by atomic mass is 10.1. The lowest BCUT2D eigenvalue weighted by molar-refractivity contribution is 0.655. The summed E-state index contributed by atoms with van der Waals surface area (Å²) in [5.74, 6) is 0.931. The maximum absolute atomic E-state index is 3.40. The van der Waals surface area contributed by atoms with Crippen LogP contribution in [0.25, 0.3) is 5.70 Å². The van der Waals surface area contributed by atoms with Gasteiger partial charge in [0.15, 0.2) is 0 Å². The molecule has 0 aliphatic carbocycles. The fourth-order valence-corrected chi connectivity index (χ4v) is 2.99. The van der Waals surface area contributed by atoms with E-state index in [0.717, 1.165) is 24.7 Å². The van der Waals surface area contributed by atoms with Gasteiger partial charge < -0.3 is 15.5 Å². The maximum atomic E-state index is 3.40. The quantitative estimate of drug-likeness (QED) is 0.537. The summed E-state index contributed by atoms with van der Waals surface area (Å²) in [4.78, 5) is 2.36. The number of thioether (sulfide) groups is 1. The van der Waals surface area contributed by atoms with E-state index in [0.29, 0.717) is 6.04 Å². The first-order valence-electron chi connectivity index (χ1n) is 7.70. The molecule has 1 rings (SSSR count). The van der Waals surface area contributed by atoms with E-state index in [1.807, 2.05) is 7.05 Å². The molecule has 1 aromatic rings. The van der Waals surface area contributed by atoms with Crippen molar-refractivity contribution in [2.24, 2.45) is 0 Å². The number of rotatable bonds is 9. The Labute approximate surface area is 134 Å². The molecular weight excluding hydrogens is 278 g/mol. The monoisotopic (exact) mass is 307 g/mol. The van der Waals surface area contributed by atoms with Crippen molar-refractivity contribution in [2.45, 2.75) is 33.7 Å². The molecule has 0 heterocycles. The topological polar surface area (TPSA) is 27.3 Å². The standard InChI is InChI=1S/C17H29N3S/c1-6-20(7-2)16-10-8-15(9-11-16)17(18-5)12-21-13-19-14(3)4/h8-12,14,18-19H,6-7,13H2,1-5H3/b17-12-. The molecule has 0 spiro atoms. The van der Waals surface area contributed by atoms with Crippen LogP contribution < -0.4 is 15.5 Å². The second kappa shape index (κ2) is 9.74. The van der Waals surface area contributed by atoms with Crippen LogP contribution in [-0.4, -0.2) is 32.1 Å². The molecule has 0 aromatic heterocycles. The molecule has 0 aliphatic heterocycles. The van der Waals surface area contributed by atoms with E-state index in [1.54, 1.807) is 11.8 Å². The Balaban J connectivity index is 2.70. The second-order valence-corrected chi connectivity index (χ2v) is 6.03. The summed E-state index contributed by atoms with van der Waals surface area (Å²) >= 11 is 1.78. The number of hydrogen-bond acceptors (Lipinski definition) is 4. The third-order valence-electron chi connectivity index (χ3n) is 3.35. The van der Waals surface area contributed by atoms with E-state index in [1.165, 1.54) is 11.3 Å². The van der Waals surface area contributed by atoms with Gasteiger partial charge in [0.1, 0.15) is 0 Å². The molecule has 0 unspecified atom stereocenters. The Morgan fingerprint density at radius 1 is 1.19 bits per heavy atom. The predicted octanol–water partition coefficient (Wildman–Crippen LogP) is 3.74. The van der Waals surface area contributed by atoms with Gasteiger partial charge in [-0.3, -0.25) is 0 Å². The van der Waals surface area contributed by atoms with Crippen molar-refractivity contribution >= 4 is 23.1 Å². The van der Waals surface area contributed by atoms with Crippen LogP contribution in [0, 0.1) is 0 Å². The first-order valence-corrected chi connectivity index (χ1v) is 8.75. The summed E-state index contributed by atoms with van der Waals surface area (Å²) in [6.45, 7) is 10.8. The minimum atomic E-state index is 0.525. The SMILES string of the molecule is CCN(CC)c1ccc(/C(=C/SCNC(C)C)NC)cc1. The highest BCUT2D eigenvalue weighted by molar-refractivity contribution is 8.02. The average molecular weight is 308 g/mol. The normalized spacial score (nSPS) is 11.8. The van der Waals surface area contributed by atoms with Crippen molar-refractivity contribution in [2.75, 3.05) is 30.9 Å². The van der Waals surface area contributed by atoms with Crippen molar-refractivity contribution in [1.29, 1.82) is 0 Å². The minimum absolute atomic E-state index is 0.525. The van der Waals surface area contributed by atoms with Crippen LogP contribution in [0.3, 0.4) is 0 Å². The van der Waals surface area contributed by atoms with Crippen molar-refractivity contribution in [3.8, 4) is 0 Å². The second-order valence-electron chi connectivity index (χ2n) is 5.17. The molecule has 1 aromatic carbocycles. The molecule has 0 amide bonds. The Hall–Kier alpha value is -1.13. The van der Waals surface area contributed by atoms with Crippen molar-refractivity contribution in [1.82, 2.24) is 10.6 Å². The lowest BCUT2D eigenvalue weighted by Crippen LogP contribution is -2.21. The minimum Gasteiger partial charge on any atom is -0.387 e. The first-order chi connectivity index (χ1) is 10.1. The van der Waals surface area contributed by atoms with Crippen LogP contribution in [0.1, 0.15) is 33.3 Å². The number of benzene rings is 1. The van der Waals surface area contributed by atoms with Crippen LogP contribution >= 0.6 is 11.8 Å². The zero-order valence-corrected chi connectivity index (χ0v) is 14.8. The highest BCUT2D eigenvalue weighted by Crippen LogP contribution is 2.20. The van der Waals surface area contributed by atoms with Gasteiger partial charge >= 0.3 is 0 Å². The molecule has 0 saturated carbocycles. The van der Waals surface area contributed by atoms with Gasteiger partial charge in [-0.2, -0.15) is 0 Å². The molecule has 0 saturated heterocycles. The van der Waals surface area contributed by atoms with Gasteiger partial charge in [0, 0.05) is 43.4 Å². The highest BCUT2D eigenvalue weighted by atomic mass is 32.2. The largest absolute Gasteiger partial charge is 0.387 e. The van der Waals surface area contributed by atoms with Crippen molar-refractivity contribution < 1.29 is 0 Å². The summed E-state index contributed by atoms with van der Waals surface area (Å²) in [6.07, 6.45) is 0. The van der Waals surface area contributed by atoms with E-state index in [4.69, 9.17) is 0 Å². The molecule has 4 heteroatoms. The van der Waals surface area contributed by atoms with Crippen molar-refractivity contribution in [3.05, 3.63) is 35.2 Å². The van der Waals surface area contributed by atoms with Crippen LogP contribution in [0.15, 0.2) is 29.7 Å². The third-order valence-corrected chi connectivity index (χ3v) is 4.09. The van der Waals surface area contributed by atoms with Crippen LogP contribution in [0.5, 0.6) is 0 Å². The molecule has 0 fully saturated rings. The number of hydrogen-bond donors (Lipinski definition) is 2. The molecule has 0 bridgehead atoms. The van der Waals surface area contributed by atoms with E-state index >= 15 is 0 Å². The Morgan fingerprint density at radius 2 is 1.81 bits per heavy atom. The fourth-order valence-electron chi connectivity index (χ4n) is 2.05. The zero-order chi connectivity index (χ0) is 15.7. The average Bonchev–Trinajstić information content (AvgIpc) is 2.49. The van der Waals surface area contributed by atoms with E-state index < -0.39 is 0 Å². The summed E-state index contributed by atoms with van der Waals surface area (Å²) in [5, 5.41) is 8.86. The van der Waals surface area contributed by atoms with Gasteiger partial charge in [0.05, 0.1) is 0 Å². The first kappa shape index (κ1) is 17.9. The third kappa shape index (κ3) is 6.02. The molecule has 0 atom stereocenters.